The minimum Gasteiger partial charge on any atom is -0.490 e. The van der Waals surface area contributed by atoms with Gasteiger partial charge in [-0.25, -0.2) is 0 Å². The van der Waals surface area contributed by atoms with Crippen LogP contribution in [0.1, 0.15) is 24.2 Å². The standard InChI is InChI=1S/C27H28N2O3S/c1-3-31-23-15-14-20(18-24(23)32-4-2)27(30)28-16-17-33-26-21-12-8-9-13-22(21)29-25(26)19-10-6-5-7-11-19/h5-15,18,29H,3-4,16-17H2,1-2H3,(H,28,30). The van der Waals surface area contributed by atoms with E-state index in [-0.39, 0.29) is 5.91 Å². The number of ether oxygens (including phenoxy) is 2. The van der Waals surface area contributed by atoms with E-state index in [1.54, 1.807) is 30.0 Å². The van der Waals surface area contributed by atoms with Crippen molar-refractivity contribution in [2.45, 2.75) is 18.7 Å². The molecule has 2 N–H and O–H groups in total. The molecule has 0 saturated carbocycles. The molecule has 1 aromatic heterocycles. The first kappa shape index (κ1) is 22.8. The molecule has 5 nitrogen and oxygen atoms in total. The summed E-state index contributed by atoms with van der Waals surface area (Å²) in [5.74, 6) is 1.87. The van der Waals surface area contributed by atoms with Gasteiger partial charge in [0.05, 0.1) is 18.9 Å². The van der Waals surface area contributed by atoms with Gasteiger partial charge in [-0.15, -0.1) is 11.8 Å². The van der Waals surface area contributed by atoms with Crippen molar-refractivity contribution in [3.63, 3.8) is 0 Å². The summed E-state index contributed by atoms with van der Waals surface area (Å²) < 4.78 is 11.2. The zero-order valence-electron chi connectivity index (χ0n) is 18.9. The predicted molar refractivity (Wildman–Crippen MR) is 136 cm³/mol. The second-order valence-electron chi connectivity index (χ2n) is 7.37. The van der Waals surface area contributed by atoms with Gasteiger partial charge in [0, 0.05) is 33.7 Å². The summed E-state index contributed by atoms with van der Waals surface area (Å²) in [6.45, 7) is 5.44. The van der Waals surface area contributed by atoms with Gasteiger partial charge in [0.2, 0.25) is 0 Å². The van der Waals surface area contributed by atoms with Crippen molar-refractivity contribution in [1.82, 2.24) is 10.3 Å². The molecule has 0 fully saturated rings. The summed E-state index contributed by atoms with van der Waals surface area (Å²) in [5.41, 5.74) is 3.93. The lowest BCUT2D eigenvalue weighted by Crippen LogP contribution is -2.25. The lowest BCUT2D eigenvalue weighted by Gasteiger charge is -2.12. The van der Waals surface area contributed by atoms with E-state index in [9.17, 15) is 4.79 Å². The van der Waals surface area contributed by atoms with Crippen LogP contribution in [0, 0.1) is 0 Å². The van der Waals surface area contributed by atoms with Crippen molar-refractivity contribution >= 4 is 28.6 Å². The molecule has 0 aliphatic heterocycles. The van der Waals surface area contributed by atoms with Gasteiger partial charge in [-0.3, -0.25) is 4.79 Å². The second-order valence-corrected chi connectivity index (χ2v) is 8.48. The Morgan fingerprint density at radius 3 is 2.42 bits per heavy atom. The summed E-state index contributed by atoms with van der Waals surface area (Å²) >= 11 is 1.74. The average molecular weight is 461 g/mol. The molecular weight excluding hydrogens is 432 g/mol. The molecule has 0 atom stereocenters. The van der Waals surface area contributed by atoms with Crippen molar-refractivity contribution in [2.24, 2.45) is 0 Å². The molecular formula is C27H28N2O3S. The first-order valence-electron chi connectivity index (χ1n) is 11.2. The lowest BCUT2D eigenvalue weighted by molar-refractivity contribution is 0.0955. The van der Waals surface area contributed by atoms with Gasteiger partial charge in [-0.1, -0.05) is 48.5 Å². The maximum Gasteiger partial charge on any atom is 0.251 e. The summed E-state index contributed by atoms with van der Waals surface area (Å²) in [7, 11) is 0. The first-order valence-corrected chi connectivity index (χ1v) is 12.2. The number of thioether (sulfide) groups is 1. The van der Waals surface area contributed by atoms with Crippen LogP contribution in [0.25, 0.3) is 22.2 Å². The Kier molecular flexibility index (Phi) is 7.58. The van der Waals surface area contributed by atoms with E-state index in [0.717, 1.165) is 22.5 Å². The molecule has 4 aromatic rings. The van der Waals surface area contributed by atoms with E-state index in [2.05, 4.69) is 40.6 Å². The molecule has 6 heteroatoms. The van der Waals surface area contributed by atoms with Crippen LogP contribution in [0.4, 0.5) is 0 Å². The number of H-pyrrole nitrogens is 1. The highest BCUT2D eigenvalue weighted by Gasteiger charge is 2.14. The molecule has 33 heavy (non-hydrogen) atoms. The number of carbonyl (C=O) groups excluding carboxylic acids is 1. The third-order valence-corrected chi connectivity index (χ3v) is 6.28. The van der Waals surface area contributed by atoms with E-state index in [1.807, 2.05) is 38.1 Å². The monoisotopic (exact) mass is 460 g/mol. The Balaban J connectivity index is 1.43. The largest absolute Gasteiger partial charge is 0.490 e. The van der Waals surface area contributed by atoms with Gasteiger partial charge in [-0.2, -0.15) is 0 Å². The third kappa shape index (κ3) is 5.34. The Morgan fingerprint density at radius 1 is 0.909 bits per heavy atom. The predicted octanol–water partition coefficient (Wildman–Crippen LogP) is 6.15. The van der Waals surface area contributed by atoms with Gasteiger partial charge in [0.25, 0.3) is 5.91 Å². The number of fused-ring (bicyclic) bond motifs is 1. The summed E-state index contributed by atoms with van der Waals surface area (Å²) in [6, 6.07) is 23.9. The number of hydrogen-bond donors (Lipinski definition) is 2. The van der Waals surface area contributed by atoms with E-state index in [4.69, 9.17) is 9.47 Å². The number of nitrogens with one attached hydrogen (secondary N) is 2. The SMILES string of the molecule is CCOc1ccc(C(=O)NCCSc2c(-c3ccccc3)[nH]c3ccccc23)cc1OCC. The number of rotatable bonds is 10. The fourth-order valence-electron chi connectivity index (χ4n) is 3.69. The zero-order valence-corrected chi connectivity index (χ0v) is 19.7. The molecule has 0 spiro atoms. The van der Waals surface area contributed by atoms with Gasteiger partial charge in [-0.05, 0) is 43.7 Å². The lowest BCUT2D eigenvalue weighted by atomic mass is 10.1. The number of carbonyl (C=O) groups is 1. The smallest absolute Gasteiger partial charge is 0.251 e. The van der Waals surface area contributed by atoms with Crippen molar-refractivity contribution < 1.29 is 14.3 Å². The third-order valence-electron chi connectivity index (χ3n) is 5.16. The van der Waals surface area contributed by atoms with E-state index < -0.39 is 0 Å². The van der Waals surface area contributed by atoms with Crippen LogP contribution in [-0.4, -0.2) is 36.4 Å². The van der Waals surface area contributed by atoms with Crippen molar-refractivity contribution in [3.05, 3.63) is 78.4 Å². The quantitative estimate of drug-likeness (QED) is 0.220. The van der Waals surface area contributed by atoms with Crippen LogP contribution in [0.3, 0.4) is 0 Å². The number of amides is 1. The Labute approximate surface area is 198 Å². The van der Waals surface area contributed by atoms with Crippen molar-refractivity contribution in [3.8, 4) is 22.8 Å². The van der Waals surface area contributed by atoms with Gasteiger partial charge in [0.1, 0.15) is 0 Å². The van der Waals surface area contributed by atoms with Crippen LogP contribution in [0.5, 0.6) is 11.5 Å². The number of aromatic nitrogens is 1. The van der Waals surface area contributed by atoms with Crippen LogP contribution < -0.4 is 14.8 Å². The zero-order chi connectivity index (χ0) is 23.0. The van der Waals surface area contributed by atoms with Gasteiger partial charge < -0.3 is 19.8 Å². The molecule has 0 saturated heterocycles. The maximum absolute atomic E-state index is 12.7. The number of aromatic amines is 1. The molecule has 1 amide bonds. The molecule has 0 radical (unpaired) electrons. The fraction of sp³-hybridized carbons (Fsp3) is 0.222. The van der Waals surface area contributed by atoms with Gasteiger partial charge in [0.15, 0.2) is 11.5 Å². The summed E-state index contributed by atoms with van der Waals surface area (Å²) in [6.07, 6.45) is 0. The van der Waals surface area contributed by atoms with E-state index >= 15 is 0 Å². The highest BCUT2D eigenvalue weighted by atomic mass is 32.2. The minimum absolute atomic E-state index is 0.123. The van der Waals surface area contributed by atoms with E-state index in [1.165, 1.54) is 10.3 Å². The van der Waals surface area contributed by atoms with Crippen LogP contribution in [0.15, 0.2) is 77.7 Å². The Bertz CT molecular complexity index is 1220. The Morgan fingerprint density at radius 2 is 1.64 bits per heavy atom. The summed E-state index contributed by atoms with van der Waals surface area (Å²) in [4.78, 5) is 17.5. The topological polar surface area (TPSA) is 63.3 Å². The molecule has 0 aliphatic rings. The van der Waals surface area contributed by atoms with Crippen LogP contribution >= 0.6 is 11.8 Å². The van der Waals surface area contributed by atoms with Crippen molar-refractivity contribution in [1.29, 1.82) is 0 Å². The van der Waals surface area contributed by atoms with Gasteiger partial charge >= 0.3 is 0 Å². The van der Waals surface area contributed by atoms with Crippen LogP contribution in [0.2, 0.25) is 0 Å². The number of para-hydroxylation sites is 1. The summed E-state index contributed by atoms with van der Waals surface area (Å²) in [5, 5.41) is 4.22. The second kappa shape index (κ2) is 11.0. The molecule has 0 bridgehead atoms. The minimum atomic E-state index is -0.123. The normalized spacial score (nSPS) is 10.8. The molecule has 3 aromatic carbocycles. The molecule has 1 heterocycles. The molecule has 170 valence electrons. The van der Waals surface area contributed by atoms with Crippen LogP contribution in [-0.2, 0) is 0 Å². The van der Waals surface area contributed by atoms with Crippen molar-refractivity contribution in [2.75, 3.05) is 25.5 Å². The number of hydrogen-bond acceptors (Lipinski definition) is 4. The highest BCUT2D eigenvalue weighted by Crippen LogP contribution is 2.37. The first-order chi connectivity index (χ1) is 16.2. The van der Waals surface area contributed by atoms with E-state index in [0.29, 0.717) is 36.8 Å². The average Bonchev–Trinajstić information content (AvgIpc) is 3.22. The molecule has 0 unspecified atom stereocenters. The maximum atomic E-state index is 12.7. The highest BCUT2D eigenvalue weighted by molar-refractivity contribution is 7.99. The molecule has 0 aliphatic carbocycles. The number of benzene rings is 3. The fourth-order valence-corrected chi connectivity index (χ4v) is 4.74. The molecule has 4 rings (SSSR count). The Hall–Kier alpha value is -3.38.